The van der Waals surface area contributed by atoms with Gasteiger partial charge in [0.05, 0.1) is 22.9 Å². The van der Waals surface area contributed by atoms with Crippen LogP contribution in [-0.4, -0.2) is 65.6 Å². The van der Waals surface area contributed by atoms with Gasteiger partial charge in [-0.25, -0.2) is 8.78 Å². The van der Waals surface area contributed by atoms with Crippen molar-refractivity contribution in [3.63, 3.8) is 0 Å². The van der Waals surface area contributed by atoms with E-state index in [1.807, 2.05) is 4.90 Å². The fourth-order valence-corrected chi connectivity index (χ4v) is 4.83. The summed E-state index contributed by atoms with van der Waals surface area (Å²) in [5, 5.41) is 14.0. The molecule has 1 aliphatic carbocycles. The Bertz CT molecular complexity index is 1150. The number of pyridine rings is 1. The highest BCUT2D eigenvalue weighted by Crippen LogP contribution is 2.38. The van der Waals surface area contributed by atoms with Crippen LogP contribution in [0, 0.1) is 10.1 Å². The number of carbonyl (C=O) groups excluding carboxylic acids is 1. The average molecular weight is 558 g/mol. The second-order valence-electron chi connectivity index (χ2n) is 9.53. The zero-order valence-electron chi connectivity index (χ0n) is 20.9. The lowest BCUT2D eigenvalue weighted by Gasteiger charge is -2.36. The van der Waals surface area contributed by atoms with Crippen molar-refractivity contribution in [2.75, 3.05) is 43.0 Å². The molecule has 0 radical (unpaired) electrons. The van der Waals surface area contributed by atoms with Gasteiger partial charge in [-0.05, 0) is 49.9 Å². The minimum atomic E-state index is -4.84. The molecule has 14 heteroatoms. The number of nitro groups is 1. The molecule has 0 spiro atoms. The number of aromatic nitrogens is 1. The molecule has 1 saturated heterocycles. The fourth-order valence-electron chi connectivity index (χ4n) is 4.83. The molecular weight excluding hydrogens is 529 g/mol. The molecule has 0 atom stereocenters. The van der Waals surface area contributed by atoms with Gasteiger partial charge in [-0.1, -0.05) is 0 Å². The molecule has 2 aromatic rings. The van der Waals surface area contributed by atoms with E-state index in [0.29, 0.717) is 51.9 Å². The molecule has 1 saturated carbocycles. The Balaban J connectivity index is 1.19. The van der Waals surface area contributed by atoms with Crippen molar-refractivity contribution >= 4 is 23.0 Å². The van der Waals surface area contributed by atoms with E-state index in [1.165, 1.54) is 18.3 Å². The molecule has 2 aliphatic rings. The van der Waals surface area contributed by atoms with Crippen molar-refractivity contribution in [2.24, 2.45) is 0 Å². The van der Waals surface area contributed by atoms with Gasteiger partial charge >= 0.3 is 6.18 Å². The van der Waals surface area contributed by atoms with Crippen LogP contribution < -0.4 is 10.2 Å². The molecule has 1 aliphatic heterocycles. The maximum Gasteiger partial charge on any atom is 0.423 e. The zero-order chi connectivity index (χ0) is 28.2. The summed E-state index contributed by atoms with van der Waals surface area (Å²) in [5.41, 5.74) is -1.69. The lowest BCUT2D eigenvalue weighted by Crippen LogP contribution is -2.50. The topological polar surface area (TPSA) is 101 Å². The molecule has 39 heavy (non-hydrogen) atoms. The van der Waals surface area contributed by atoms with Crippen molar-refractivity contribution in [3.8, 4) is 0 Å². The highest BCUT2D eigenvalue weighted by molar-refractivity contribution is 5.77. The van der Waals surface area contributed by atoms with Gasteiger partial charge in [0.15, 0.2) is 0 Å². The average Bonchev–Trinajstić information content (AvgIpc) is 2.92. The molecule has 1 amide bonds. The number of ether oxygens (including phenoxy) is 1. The van der Waals surface area contributed by atoms with Crippen LogP contribution in [0.25, 0.3) is 0 Å². The maximum absolute atomic E-state index is 13.2. The predicted octanol–water partition coefficient (Wildman–Crippen LogP) is 5.03. The summed E-state index contributed by atoms with van der Waals surface area (Å²) in [6, 6.07) is 5.64. The number of nitrogens with zero attached hydrogens (tertiary/aromatic N) is 4. The van der Waals surface area contributed by atoms with E-state index in [4.69, 9.17) is 4.74 Å². The third-order valence-corrected chi connectivity index (χ3v) is 6.98. The van der Waals surface area contributed by atoms with Crippen molar-refractivity contribution in [3.05, 3.63) is 57.9 Å². The van der Waals surface area contributed by atoms with Crippen LogP contribution in [0.5, 0.6) is 0 Å². The third kappa shape index (κ3) is 7.31. The van der Waals surface area contributed by atoms with Gasteiger partial charge in [0.1, 0.15) is 17.9 Å². The molecular formula is C25H28F5N5O4. The largest absolute Gasteiger partial charge is 0.423 e. The molecule has 1 aromatic heterocycles. The highest BCUT2D eigenvalue weighted by Gasteiger charge is 2.38. The number of benzene rings is 1. The second-order valence-corrected chi connectivity index (χ2v) is 9.53. The summed E-state index contributed by atoms with van der Waals surface area (Å²) < 4.78 is 70.9. The predicted molar refractivity (Wildman–Crippen MR) is 132 cm³/mol. The number of alkyl halides is 5. The van der Waals surface area contributed by atoms with Crippen molar-refractivity contribution in [2.45, 2.75) is 50.4 Å². The molecule has 2 fully saturated rings. The smallest absolute Gasteiger partial charge is 0.382 e. The van der Waals surface area contributed by atoms with Gasteiger partial charge in [0.2, 0.25) is 5.91 Å². The van der Waals surface area contributed by atoms with Crippen LogP contribution in [0.15, 0.2) is 36.5 Å². The molecule has 1 aromatic carbocycles. The summed E-state index contributed by atoms with van der Waals surface area (Å²) in [6.07, 6.45) is -3.79. The van der Waals surface area contributed by atoms with Gasteiger partial charge in [0.25, 0.3) is 12.1 Å². The number of anilines is 2. The third-order valence-electron chi connectivity index (χ3n) is 6.98. The van der Waals surface area contributed by atoms with Crippen LogP contribution in [0.3, 0.4) is 0 Å². The van der Waals surface area contributed by atoms with Crippen LogP contribution in [0.2, 0.25) is 0 Å². The molecule has 9 nitrogen and oxygen atoms in total. The molecule has 4 rings (SSSR count). The van der Waals surface area contributed by atoms with E-state index in [0.717, 1.165) is 17.8 Å². The normalized spacial score (nSPS) is 20.3. The lowest BCUT2D eigenvalue weighted by atomic mass is 9.92. The second kappa shape index (κ2) is 12.1. The Hall–Kier alpha value is -3.55. The first-order valence-electron chi connectivity index (χ1n) is 12.5. The van der Waals surface area contributed by atoms with Crippen LogP contribution in [-0.2, 0) is 15.7 Å². The first kappa shape index (κ1) is 28.5. The molecule has 2 heterocycles. The number of rotatable bonds is 8. The summed E-state index contributed by atoms with van der Waals surface area (Å²) >= 11 is 0. The van der Waals surface area contributed by atoms with Crippen LogP contribution >= 0.6 is 0 Å². The number of piperazine rings is 1. The Morgan fingerprint density at radius 1 is 1.10 bits per heavy atom. The Morgan fingerprint density at radius 2 is 1.79 bits per heavy atom. The summed E-state index contributed by atoms with van der Waals surface area (Å²) in [7, 11) is 0. The van der Waals surface area contributed by atoms with Crippen molar-refractivity contribution < 1.29 is 36.4 Å². The van der Waals surface area contributed by atoms with E-state index >= 15 is 0 Å². The Labute approximate surface area is 221 Å². The van der Waals surface area contributed by atoms with Crippen molar-refractivity contribution in [1.82, 2.24) is 9.88 Å². The first-order valence-corrected chi connectivity index (χ1v) is 12.5. The standard InChI is InChI=1S/C25H28F5N5O4/c26-24(27)21-7-4-18(14-31-21)33-9-11-34(12-10-33)23(36)15-39-19-5-1-16(2-6-19)32-17-3-8-22(35(37)38)20(13-17)25(28,29)30/h3-4,7-8,13-14,16,19,24,32H,1-2,5-6,9-12,15H2. The van der Waals surface area contributed by atoms with E-state index < -0.39 is 28.8 Å². The molecule has 212 valence electrons. The Morgan fingerprint density at radius 3 is 2.36 bits per heavy atom. The summed E-state index contributed by atoms with van der Waals surface area (Å²) in [4.78, 5) is 30.0. The maximum atomic E-state index is 13.2. The summed E-state index contributed by atoms with van der Waals surface area (Å²) in [6.45, 7) is 1.92. The van der Waals surface area contributed by atoms with Crippen molar-refractivity contribution in [1.29, 1.82) is 0 Å². The van der Waals surface area contributed by atoms with E-state index in [9.17, 15) is 36.9 Å². The number of nitrogens with one attached hydrogen (secondary N) is 1. The van der Waals surface area contributed by atoms with Gasteiger partial charge in [-0.3, -0.25) is 19.9 Å². The van der Waals surface area contributed by atoms with Gasteiger partial charge in [-0.2, -0.15) is 13.2 Å². The van der Waals surface area contributed by atoms with Crippen LogP contribution in [0.4, 0.5) is 39.0 Å². The molecule has 1 N–H and O–H groups in total. The number of halogens is 5. The number of hydrogen-bond acceptors (Lipinski definition) is 7. The minimum absolute atomic E-state index is 0.0787. The van der Waals surface area contributed by atoms with E-state index in [-0.39, 0.29) is 36.0 Å². The molecule has 0 unspecified atom stereocenters. The number of hydrogen-bond donors (Lipinski definition) is 1. The van der Waals surface area contributed by atoms with E-state index in [2.05, 4.69) is 10.3 Å². The number of amides is 1. The summed E-state index contributed by atoms with van der Waals surface area (Å²) in [5.74, 6) is -0.147. The first-order chi connectivity index (χ1) is 18.5. The minimum Gasteiger partial charge on any atom is -0.382 e. The fraction of sp³-hybridized carbons (Fsp3) is 0.520. The highest BCUT2D eigenvalue weighted by atomic mass is 19.4. The number of carbonyl (C=O) groups is 1. The quantitative estimate of drug-likeness (QED) is 0.276. The van der Waals surface area contributed by atoms with Gasteiger partial charge in [-0.15, -0.1) is 0 Å². The lowest BCUT2D eigenvalue weighted by molar-refractivity contribution is -0.388. The zero-order valence-corrected chi connectivity index (χ0v) is 20.9. The van der Waals surface area contributed by atoms with Gasteiger partial charge < -0.3 is 19.9 Å². The van der Waals surface area contributed by atoms with Gasteiger partial charge in [0, 0.05) is 44.0 Å². The van der Waals surface area contributed by atoms with Crippen LogP contribution in [0.1, 0.15) is 43.4 Å². The SMILES string of the molecule is O=C(COC1CCC(Nc2ccc([N+](=O)[O-])c(C(F)(F)F)c2)CC1)N1CCN(c2ccc(C(F)F)nc2)CC1. The monoisotopic (exact) mass is 557 g/mol. The van der Waals surface area contributed by atoms with E-state index in [1.54, 1.807) is 11.0 Å². The molecule has 0 bridgehead atoms. The Kier molecular flexibility index (Phi) is 8.83. The number of nitro benzene ring substituents is 1.